The summed E-state index contributed by atoms with van der Waals surface area (Å²) in [5.41, 5.74) is 2.12. The topological polar surface area (TPSA) is 62.5 Å². The van der Waals surface area contributed by atoms with Gasteiger partial charge in [-0.1, -0.05) is 6.07 Å². The lowest BCUT2D eigenvalue weighted by atomic mass is 9.97. The second-order valence-corrected chi connectivity index (χ2v) is 6.97. The van der Waals surface area contributed by atoms with Gasteiger partial charge in [0.05, 0.1) is 17.8 Å². The maximum absolute atomic E-state index is 12.4. The molecule has 0 radical (unpaired) electrons. The highest BCUT2D eigenvalue weighted by Gasteiger charge is 2.26. The first-order valence-corrected chi connectivity index (χ1v) is 9.01. The highest BCUT2D eigenvalue weighted by atomic mass is 32.1. The average molecular weight is 341 g/mol. The third-order valence-corrected chi connectivity index (χ3v) is 5.11. The second kappa shape index (κ2) is 6.70. The zero-order valence-corrected chi connectivity index (χ0v) is 14.1. The summed E-state index contributed by atoms with van der Waals surface area (Å²) < 4.78 is 2.11. The molecular weight excluding hydrogens is 322 g/mol. The van der Waals surface area contributed by atoms with Crippen LogP contribution in [-0.2, 0) is 11.3 Å². The Kier molecular flexibility index (Phi) is 4.27. The number of hydrogen-bond donors (Lipinski definition) is 1. The Morgan fingerprint density at radius 3 is 3.21 bits per heavy atom. The normalized spacial score (nSPS) is 18.8. The number of nitrogens with one attached hydrogen (secondary N) is 1. The lowest BCUT2D eigenvalue weighted by Crippen LogP contribution is -2.40. The van der Waals surface area contributed by atoms with E-state index in [2.05, 4.69) is 24.6 Å². The molecule has 3 aromatic rings. The van der Waals surface area contributed by atoms with Gasteiger partial charge in [0.25, 0.3) is 0 Å². The van der Waals surface area contributed by atoms with Crippen LogP contribution in [0.5, 0.6) is 0 Å². The first-order chi connectivity index (χ1) is 11.8. The number of thiazole rings is 1. The number of carbonyl (C=O) groups excluding carboxylic acids is 1. The monoisotopic (exact) mass is 341 g/mol. The first kappa shape index (κ1) is 15.3. The van der Waals surface area contributed by atoms with Crippen LogP contribution in [0.1, 0.15) is 18.5 Å². The van der Waals surface area contributed by atoms with Crippen molar-refractivity contribution < 1.29 is 4.79 Å². The molecule has 0 aromatic carbocycles. The standard InChI is InChI=1S/C17H19N5OS/c23-16(20-17-18-6-9-24-17)13-4-3-7-21(11-13)12-14-10-19-15-5-1-2-8-22(14)15/h1-2,5-6,8-10,13H,3-4,7,11-12H2,(H,18,20,23)/t13-/m1/s1. The number of aromatic nitrogens is 3. The summed E-state index contributed by atoms with van der Waals surface area (Å²) in [5.74, 6) is 0.0922. The maximum atomic E-state index is 12.4. The Labute approximate surface area is 144 Å². The lowest BCUT2D eigenvalue weighted by Gasteiger charge is -2.31. The summed E-state index contributed by atoms with van der Waals surface area (Å²) in [6, 6.07) is 6.01. The van der Waals surface area contributed by atoms with Gasteiger partial charge in [0.2, 0.25) is 5.91 Å². The quantitative estimate of drug-likeness (QED) is 0.792. The Morgan fingerprint density at radius 2 is 2.33 bits per heavy atom. The summed E-state index contributed by atoms with van der Waals surface area (Å²) in [7, 11) is 0. The number of carbonyl (C=O) groups is 1. The van der Waals surface area contributed by atoms with Gasteiger partial charge in [-0.3, -0.25) is 9.69 Å². The van der Waals surface area contributed by atoms with Crippen LogP contribution >= 0.6 is 11.3 Å². The van der Waals surface area contributed by atoms with E-state index in [9.17, 15) is 4.79 Å². The van der Waals surface area contributed by atoms with E-state index in [1.165, 1.54) is 11.3 Å². The van der Waals surface area contributed by atoms with Crippen molar-refractivity contribution in [3.63, 3.8) is 0 Å². The number of imidazole rings is 1. The van der Waals surface area contributed by atoms with Crippen molar-refractivity contribution in [3.05, 3.63) is 47.9 Å². The zero-order valence-electron chi connectivity index (χ0n) is 13.3. The Balaban J connectivity index is 1.42. The van der Waals surface area contributed by atoms with E-state index >= 15 is 0 Å². The number of likely N-dealkylation sites (tertiary alicyclic amines) is 1. The smallest absolute Gasteiger partial charge is 0.230 e. The molecule has 0 bridgehead atoms. The van der Waals surface area contributed by atoms with E-state index < -0.39 is 0 Å². The van der Waals surface area contributed by atoms with Crippen molar-refractivity contribution in [3.8, 4) is 0 Å². The minimum Gasteiger partial charge on any atom is -0.303 e. The number of nitrogens with zero attached hydrogens (tertiary/aromatic N) is 4. The van der Waals surface area contributed by atoms with E-state index in [0.29, 0.717) is 5.13 Å². The van der Waals surface area contributed by atoms with Crippen LogP contribution < -0.4 is 5.32 Å². The van der Waals surface area contributed by atoms with Gasteiger partial charge >= 0.3 is 0 Å². The van der Waals surface area contributed by atoms with Gasteiger partial charge in [0, 0.05) is 30.9 Å². The van der Waals surface area contributed by atoms with Gasteiger partial charge < -0.3 is 9.72 Å². The van der Waals surface area contributed by atoms with Gasteiger partial charge in [0.1, 0.15) is 5.65 Å². The molecule has 1 N–H and O–H groups in total. The number of amides is 1. The zero-order chi connectivity index (χ0) is 16.4. The van der Waals surface area contributed by atoms with Crippen molar-refractivity contribution in [1.82, 2.24) is 19.3 Å². The van der Waals surface area contributed by atoms with Gasteiger partial charge in [-0.2, -0.15) is 0 Å². The summed E-state index contributed by atoms with van der Waals surface area (Å²) >= 11 is 1.45. The van der Waals surface area contributed by atoms with Gasteiger partial charge in [-0.05, 0) is 31.5 Å². The Hall–Kier alpha value is -2.25. The molecule has 0 spiro atoms. The highest BCUT2D eigenvalue weighted by molar-refractivity contribution is 7.13. The lowest BCUT2D eigenvalue weighted by molar-refractivity contribution is -0.121. The molecule has 1 aliphatic heterocycles. The molecule has 3 aromatic heterocycles. The highest BCUT2D eigenvalue weighted by Crippen LogP contribution is 2.21. The number of fused-ring (bicyclic) bond motifs is 1. The largest absolute Gasteiger partial charge is 0.303 e. The third-order valence-electron chi connectivity index (χ3n) is 4.42. The molecule has 6 nitrogen and oxygen atoms in total. The van der Waals surface area contributed by atoms with Crippen LogP contribution in [-0.4, -0.2) is 38.3 Å². The molecule has 0 unspecified atom stereocenters. The van der Waals surface area contributed by atoms with Crippen molar-refractivity contribution >= 4 is 28.0 Å². The predicted octanol–water partition coefficient (Wildman–Crippen LogP) is 2.64. The Bertz CT molecular complexity index is 829. The minimum absolute atomic E-state index is 0.0156. The van der Waals surface area contributed by atoms with Gasteiger partial charge in [-0.15, -0.1) is 11.3 Å². The molecule has 0 saturated carbocycles. The van der Waals surface area contributed by atoms with Crippen molar-refractivity contribution in [2.45, 2.75) is 19.4 Å². The summed E-state index contributed by atoms with van der Waals surface area (Å²) in [5, 5.41) is 5.47. The van der Waals surface area contributed by atoms with Gasteiger partial charge in [-0.25, -0.2) is 9.97 Å². The minimum atomic E-state index is 0.0156. The second-order valence-electron chi connectivity index (χ2n) is 6.08. The SMILES string of the molecule is O=C(Nc1nccs1)[C@@H]1CCCN(Cc2cnc3ccccn23)C1. The molecule has 124 valence electrons. The van der Waals surface area contributed by atoms with Gasteiger partial charge in [0.15, 0.2) is 5.13 Å². The molecule has 1 fully saturated rings. The molecule has 1 saturated heterocycles. The van der Waals surface area contributed by atoms with E-state index in [1.54, 1.807) is 6.20 Å². The Morgan fingerprint density at radius 1 is 1.38 bits per heavy atom. The molecule has 4 rings (SSSR count). The molecular formula is C17H19N5OS. The summed E-state index contributed by atoms with van der Waals surface area (Å²) in [6.07, 6.45) is 7.63. The van der Waals surface area contributed by atoms with E-state index in [-0.39, 0.29) is 11.8 Å². The van der Waals surface area contributed by atoms with E-state index in [0.717, 1.165) is 43.8 Å². The van der Waals surface area contributed by atoms with Crippen LogP contribution in [0.15, 0.2) is 42.2 Å². The summed E-state index contributed by atoms with van der Waals surface area (Å²) in [6.45, 7) is 2.60. The number of hydrogen-bond acceptors (Lipinski definition) is 5. The average Bonchev–Trinajstić information content (AvgIpc) is 3.26. The molecule has 1 aliphatic rings. The van der Waals surface area contributed by atoms with Crippen molar-refractivity contribution in [2.24, 2.45) is 5.92 Å². The number of piperidine rings is 1. The van der Waals surface area contributed by atoms with Crippen molar-refractivity contribution in [1.29, 1.82) is 0 Å². The van der Waals surface area contributed by atoms with Crippen molar-refractivity contribution in [2.75, 3.05) is 18.4 Å². The molecule has 24 heavy (non-hydrogen) atoms. The van der Waals surface area contributed by atoms with Crippen LogP contribution in [0, 0.1) is 5.92 Å². The third kappa shape index (κ3) is 3.18. The summed E-state index contributed by atoms with van der Waals surface area (Å²) in [4.78, 5) is 23.3. The maximum Gasteiger partial charge on any atom is 0.230 e. The fraction of sp³-hybridized carbons (Fsp3) is 0.353. The molecule has 7 heteroatoms. The predicted molar refractivity (Wildman–Crippen MR) is 93.9 cm³/mol. The number of anilines is 1. The number of pyridine rings is 1. The first-order valence-electron chi connectivity index (χ1n) is 8.13. The fourth-order valence-electron chi connectivity index (χ4n) is 3.24. The molecule has 1 atom stereocenters. The van der Waals surface area contributed by atoms with Crippen LogP contribution in [0.4, 0.5) is 5.13 Å². The van der Waals surface area contributed by atoms with Crippen LogP contribution in [0.25, 0.3) is 5.65 Å². The van der Waals surface area contributed by atoms with Crippen LogP contribution in [0.2, 0.25) is 0 Å². The fourth-order valence-corrected chi connectivity index (χ4v) is 3.77. The molecule has 0 aliphatic carbocycles. The number of rotatable bonds is 4. The van der Waals surface area contributed by atoms with E-state index in [4.69, 9.17) is 0 Å². The van der Waals surface area contributed by atoms with E-state index in [1.807, 2.05) is 36.0 Å². The molecule has 1 amide bonds. The molecule has 4 heterocycles. The van der Waals surface area contributed by atoms with Crippen LogP contribution in [0.3, 0.4) is 0 Å².